The van der Waals surface area contributed by atoms with Crippen LogP contribution in [0.25, 0.3) is 0 Å². The molecule has 0 unspecified atom stereocenters. The second-order valence-electron chi connectivity index (χ2n) is 3.61. The number of halogens is 1. The Morgan fingerprint density at radius 3 is 2.46 bits per heavy atom. The van der Waals surface area contributed by atoms with Crippen molar-refractivity contribution in [3.05, 3.63) is 35.6 Å². The summed E-state index contributed by atoms with van der Waals surface area (Å²) in [6, 6.07) is 6.43. The Morgan fingerprint density at radius 2 is 2.00 bits per heavy atom. The van der Waals surface area contributed by atoms with E-state index in [2.05, 4.69) is 0 Å². The van der Waals surface area contributed by atoms with Crippen molar-refractivity contribution in [3.8, 4) is 0 Å². The molecule has 0 saturated heterocycles. The maximum absolute atomic E-state index is 12.6. The van der Waals surface area contributed by atoms with Crippen LogP contribution in [0.15, 0.2) is 24.3 Å². The van der Waals surface area contributed by atoms with Crippen LogP contribution in [0.1, 0.15) is 24.8 Å². The Morgan fingerprint density at radius 1 is 1.38 bits per heavy atom. The molecular formula is C11H11FO. The quantitative estimate of drug-likeness (QED) is 0.680. The number of ketones is 1. The fraction of sp³-hybridized carbons (Fsp3) is 0.364. The molecule has 1 saturated carbocycles. The van der Waals surface area contributed by atoms with E-state index in [1.54, 1.807) is 19.1 Å². The third kappa shape index (κ3) is 1.62. The molecule has 13 heavy (non-hydrogen) atoms. The number of hydrogen-bond donors (Lipinski definition) is 0. The van der Waals surface area contributed by atoms with Crippen molar-refractivity contribution in [2.75, 3.05) is 0 Å². The van der Waals surface area contributed by atoms with Crippen LogP contribution >= 0.6 is 0 Å². The minimum atomic E-state index is -0.219. The Balaban J connectivity index is 2.12. The number of benzene rings is 1. The lowest BCUT2D eigenvalue weighted by Crippen LogP contribution is -1.94. The van der Waals surface area contributed by atoms with Crippen LogP contribution in [0.5, 0.6) is 0 Å². The molecule has 0 N–H and O–H groups in total. The zero-order valence-electron chi connectivity index (χ0n) is 7.46. The van der Waals surface area contributed by atoms with E-state index in [4.69, 9.17) is 0 Å². The van der Waals surface area contributed by atoms with Crippen LogP contribution in [0, 0.1) is 11.7 Å². The number of rotatable bonds is 2. The van der Waals surface area contributed by atoms with Crippen LogP contribution in [-0.2, 0) is 4.79 Å². The molecule has 0 bridgehead atoms. The molecule has 0 heterocycles. The van der Waals surface area contributed by atoms with Gasteiger partial charge >= 0.3 is 0 Å². The minimum Gasteiger partial charge on any atom is -0.300 e. The first-order valence-electron chi connectivity index (χ1n) is 4.44. The first kappa shape index (κ1) is 8.42. The van der Waals surface area contributed by atoms with Gasteiger partial charge in [0.15, 0.2) is 0 Å². The standard InChI is InChI=1S/C11H11FO/c1-7(13)10-6-11(10)8-2-4-9(12)5-3-8/h2-5,10-11H,6H2,1H3/t10-,11-/m1/s1. The lowest BCUT2D eigenvalue weighted by Gasteiger charge is -1.97. The number of hydrogen-bond acceptors (Lipinski definition) is 1. The van der Waals surface area contributed by atoms with Crippen LogP contribution in [-0.4, -0.2) is 5.78 Å². The van der Waals surface area contributed by atoms with Crippen molar-refractivity contribution in [1.29, 1.82) is 0 Å². The predicted molar refractivity (Wildman–Crippen MR) is 47.9 cm³/mol. The summed E-state index contributed by atoms with van der Waals surface area (Å²) < 4.78 is 12.6. The van der Waals surface area contributed by atoms with E-state index in [-0.39, 0.29) is 17.5 Å². The summed E-state index contributed by atoms with van der Waals surface area (Å²) in [5.41, 5.74) is 1.08. The molecule has 0 spiro atoms. The Kier molecular flexibility index (Phi) is 1.91. The zero-order valence-corrected chi connectivity index (χ0v) is 7.46. The normalized spacial score (nSPS) is 25.7. The smallest absolute Gasteiger partial charge is 0.133 e. The van der Waals surface area contributed by atoms with Gasteiger partial charge < -0.3 is 0 Å². The molecule has 0 radical (unpaired) electrons. The predicted octanol–water partition coefficient (Wildman–Crippen LogP) is 2.52. The van der Waals surface area contributed by atoms with Gasteiger partial charge in [-0.2, -0.15) is 0 Å². The maximum Gasteiger partial charge on any atom is 0.133 e. The second kappa shape index (κ2) is 2.95. The Hall–Kier alpha value is -1.18. The van der Waals surface area contributed by atoms with Crippen molar-refractivity contribution in [2.45, 2.75) is 19.3 Å². The summed E-state index contributed by atoms with van der Waals surface area (Å²) in [4.78, 5) is 11.0. The van der Waals surface area contributed by atoms with E-state index in [0.717, 1.165) is 12.0 Å². The minimum absolute atomic E-state index is 0.186. The van der Waals surface area contributed by atoms with Crippen LogP contribution < -0.4 is 0 Å². The molecule has 2 heteroatoms. The van der Waals surface area contributed by atoms with Crippen LogP contribution in [0.4, 0.5) is 4.39 Å². The van der Waals surface area contributed by atoms with Gasteiger partial charge in [-0.3, -0.25) is 4.79 Å². The fourth-order valence-electron chi connectivity index (χ4n) is 1.72. The van der Waals surface area contributed by atoms with Gasteiger partial charge in [-0.05, 0) is 37.0 Å². The van der Waals surface area contributed by atoms with Crippen molar-refractivity contribution in [3.63, 3.8) is 0 Å². The van der Waals surface area contributed by atoms with Crippen molar-refractivity contribution < 1.29 is 9.18 Å². The van der Waals surface area contributed by atoms with Crippen LogP contribution in [0.2, 0.25) is 0 Å². The third-order valence-corrected chi connectivity index (χ3v) is 2.61. The lowest BCUT2D eigenvalue weighted by atomic mass is 10.1. The largest absolute Gasteiger partial charge is 0.300 e. The summed E-state index contributed by atoms with van der Waals surface area (Å²) in [5, 5.41) is 0. The molecule has 1 aliphatic carbocycles. The fourth-order valence-corrected chi connectivity index (χ4v) is 1.72. The molecule has 1 fully saturated rings. The van der Waals surface area contributed by atoms with Gasteiger partial charge in [0, 0.05) is 5.92 Å². The summed E-state index contributed by atoms with van der Waals surface area (Å²) in [5.74, 6) is 0.557. The van der Waals surface area contributed by atoms with E-state index in [9.17, 15) is 9.18 Å². The van der Waals surface area contributed by atoms with Gasteiger partial charge in [-0.15, -0.1) is 0 Å². The van der Waals surface area contributed by atoms with Gasteiger partial charge in [0.1, 0.15) is 11.6 Å². The topological polar surface area (TPSA) is 17.1 Å². The maximum atomic E-state index is 12.6. The van der Waals surface area contributed by atoms with Crippen molar-refractivity contribution >= 4 is 5.78 Å². The van der Waals surface area contributed by atoms with Gasteiger partial charge in [0.05, 0.1) is 0 Å². The van der Waals surface area contributed by atoms with E-state index >= 15 is 0 Å². The molecular weight excluding hydrogens is 167 g/mol. The molecule has 0 amide bonds. The van der Waals surface area contributed by atoms with E-state index in [1.165, 1.54) is 12.1 Å². The van der Waals surface area contributed by atoms with E-state index < -0.39 is 0 Å². The van der Waals surface area contributed by atoms with Crippen molar-refractivity contribution in [2.24, 2.45) is 5.92 Å². The highest BCUT2D eigenvalue weighted by Crippen LogP contribution is 2.47. The number of carbonyl (C=O) groups is 1. The number of Topliss-reactive ketones (excluding diaryl/α,β-unsaturated/α-hetero) is 1. The first-order chi connectivity index (χ1) is 6.18. The molecule has 68 valence electrons. The SMILES string of the molecule is CC(=O)[C@H]1C[C@@H]1c1ccc(F)cc1. The zero-order chi connectivity index (χ0) is 9.42. The average molecular weight is 178 g/mol. The summed E-state index contributed by atoms with van der Waals surface area (Å²) in [7, 11) is 0. The summed E-state index contributed by atoms with van der Waals surface area (Å²) in [6.45, 7) is 1.62. The first-order valence-corrected chi connectivity index (χ1v) is 4.44. The van der Waals surface area contributed by atoms with E-state index in [0.29, 0.717) is 5.92 Å². The van der Waals surface area contributed by atoms with Gasteiger partial charge in [0.25, 0.3) is 0 Å². The van der Waals surface area contributed by atoms with Gasteiger partial charge in [0.2, 0.25) is 0 Å². The Labute approximate surface area is 76.6 Å². The Bertz CT molecular complexity index is 328. The second-order valence-corrected chi connectivity index (χ2v) is 3.61. The third-order valence-electron chi connectivity index (χ3n) is 2.61. The molecule has 0 aliphatic heterocycles. The summed E-state index contributed by atoms with van der Waals surface area (Å²) >= 11 is 0. The molecule has 1 nitrogen and oxygen atoms in total. The van der Waals surface area contributed by atoms with E-state index in [1.807, 2.05) is 0 Å². The average Bonchev–Trinajstić information content (AvgIpc) is 2.85. The lowest BCUT2D eigenvalue weighted by molar-refractivity contribution is -0.118. The molecule has 2 rings (SSSR count). The molecule has 0 aromatic heterocycles. The number of carbonyl (C=O) groups excluding carboxylic acids is 1. The van der Waals surface area contributed by atoms with Crippen LogP contribution in [0.3, 0.4) is 0 Å². The highest BCUT2D eigenvalue weighted by atomic mass is 19.1. The monoisotopic (exact) mass is 178 g/mol. The molecule has 2 atom stereocenters. The molecule has 1 aromatic carbocycles. The highest BCUT2D eigenvalue weighted by molar-refractivity contribution is 5.82. The molecule has 1 aromatic rings. The summed E-state index contributed by atoms with van der Waals surface area (Å²) in [6.07, 6.45) is 0.932. The van der Waals surface area contributed by atoms with Crippen molar-refractivity contribution in [1.82, 2.24) is 0 Å². The van der Waals surface area contributed by atoms with Gasteiger partial charge in [-0.25, -0.2) is 4.39 Å². The highest BCUT2D eigenvalue weighted by Gasteiger charge is 2.41. The van der Waals surface area contributed by atoms with Gasteiger partial charge in [-0.1, -0.05) is 12.1 Å². The molecule has 1 aliphatic rings.